The number of anilines is 1. The van der Waals surface area contributed by atoms with Gasteiger partial charge in [-0.3, -0.25) is 4.90 Å². The zero-order valence-electron chi connectivity index (χ0n) is 16.1. The zero-order valence-corrected chi connectivity index (χ0v) is 16.1. The van der Waals surface area contributed by atoms with Gasteiger partial charge in [0.25, 0.3) is 0 Å². The Morgan fingerprint density at radius 2 is 1.67 bits per heavy atom. The van der Waals surface area contributed by atoms with Gasteiger partial charge in [0.2, 0.25) is 0 Å². The largest absolute Gasteiger partial charge is 0.497 e. The van der Waals surface area contributed by atoms with E-state index in [-0.39, 0.29) is 12.1 Å². The number of aliphatic hydroxyl groups is 1. The maximum absolute atomic E-state index is 10.8. The molecule has 5 nitrogen and oxygen atoms in total. The highest BCUT2D eigenvalue weighted by Crippen LogP contribution is 2.31. The summed E-state index contributed by atoms with van der Waals surface area (Å²) in [5.74, 6) is 1.79. The van der Waals surface area contributed by atoms with Crippen molar-refractivity contribution in [3.05, 3.63) is 53.6 Å². The van der Waals surface area contributed by atoms with E-state index in [9.17, 15) is 5.11 Å². The Kier molecular flexibility index (Phi) is 5.23. The molecule has 144 valence electrons. The molecule has 1 fully saturated rings. The van der Waals surface area contributed by atoms with E-state index in [4.69, 9.17) is 9.47 Å². The van der Waals surface area contributed by atoms with Gasteiger partial charge in [0.05, 0.1) is 26.0 Å². The van der Waals surface area contributed by atoms with Crippen LogP contribution in [0.25, 0.3) is 0 Å². The molecular weight excluding hydrogens is 340 g/mol. The van der Waals surface area contributed by atoms with Gasteiger partial charge < -0.3 is 19.5 Å². The fourth-order valence-corrected chi connectivity index (χ4v) is 4.40. The average molecular weight is 368 g/mol. The van der Waals surface area contributed by atoms with E-state index in [2.05, 4.69) is 34.1 Å². The van der Waals surface area contributed by atoms with Gasteiger partial charge in [0.15, 0.2) is 0 Å². The number of ether oxygens (including phenoxy) is 2. The normalized spacial score (nSPS) is 23.0. The van der Waals surface area contributed by atoms with Crippen LogP contribution in [0.5, 0.6) is 11.5 Å². The summed E-state index contributed by atoms with van der Waals surface area (Å²) in [4.78, 5) is 4.83. The predicted octanol–water partition coefficient (Wildman–Crippen LogP) is 2.35. The molecular formula is C22H28N2O3. The van der Waals surface area contributed by atoms with E-state index in [1.165, 1.54) is 11.1 Å². The predicted molar refractivity (Wildman–Crippen MR) is 107 cm³/mol. The Morgan fingerprint density at radius 3 is 2.41 bits per heavy atom. The smallest absolute Gasteiger partial charge is 0.142 e. The lowest BCUT2D eigenvalue weighted by molar-refractivity contribution is 0.0394. The molecule has 1 heterocycles. The highest BCUT2D eigenvalue weighted by Gasteiger charge is 2.33. The third-order valence-corrected chi connectivity index (χ3v) is 5.92. The van der Waals surface area contributed by atoms with Gasteiger partial charge in [0.1, 0.15) is 11.5 Å². The van der Waals surface area contributed by atoms with Crippen molar-refractivity contribution >= 4 is 5.69 Å². The standard InChI is InChI=1S/C22H28N2O3/c1-26-18-8-7-16-14-20(21(25)15-17(16)13-18)24-11-9-23(10-12-24)19-5-3-4-6-22(19)27-2/h3-8,13,20-21,25H,9-12,14-15H2,1-2H3/t20-,21-/m1/s1. The lowest BCUT2D eigenvalue weighted by Crippen LogP contribution is -2.56. The minimum atomic E-state index is -0.331. The maximum atomic E-state index is 10.8. The summed E-state index contributed by atoms with van der Waals surface area (Å²) in [5, 5.41) is 10.8. The van der Waals surface area contributed by atoms with E-state index >= 15 is 0 Å². The third-order valence-electron chi connectivity index (χ3n) is 5.92. The number of aliphatic hydroxyl groups excluding tert-OH is 1. The molecule has 0 spiro atoms. The van der Waals surface area contributed by atoms with Crippen LogP contribution in [-0.2, 0) is 12.8 Å². The van der Waals surface area contributed by atoms with Crippen molar-refractivity contribution in [2.45, 2.75) is 25.0 Å². The van der Waals surface area contributed by atoms with Crippen molar-refractivity contribution < 1.29 is 14.6 Å². The highest BCUT2D eigenvalue weighted by atomic mass is 16.5. The highest BCUT2D eigenvalue weighted by molar-refractivity contribution is 5.58. The quantitative estimate of drug-likeness (QED) is 0.898. The first-order chi connectivity index (χ1) is 13.2. The number of para-hydroxylation sites is 2. The van der Waals surface area contributed by atoms with Crippen molar-refractivity contribution in [2.24, 2.45) is 0 Å². The second-order valence-corrected chi connectivity index (χ2v) is 7.37. The van der Waals surface area contributed by atoms with Crippen molar-refractivity contribution in [3.8, 4) is 11.5 Å². The monoisotopic (exact) mass is 368 g/mol. The molecule has 1 aliphatic heterocycles. The summed E-state index contributed by atoms with van der Waals surface area (Å²) < 4.78 is 10.8. The van der Waals surface area contributed by atoms with Crippen LogP contribution in [-0.4, -0.2) is 62.6 Å². The number of rotatable bonds is 4. The molecule has 5 heteroatoms. The molecule has 0 radical (unpaired) electrons. The first kappa shape index (κ1) is 18.1. The molecule has 0 bridgehead atoms. The molecule has 1 N–H and O–H groups in total. The molecule has 2 aromatic carbocycles. The van der Waals surface area contributed by atoms with Gasteiger partial charge in [0, 0.05) is 38.6 Å². The molecule has 2 atom stereocenters. The Hall–Kier alpha value is -2.24. The van der Waals surface area contributed by atoms with Crippen molar-refractivity contribution in [1.82, 2.24) is 4.90 Å². The number of benzene rings is 2. The molecule has 2 aliphatic rings. The molecule has 1 aliphatic carbocycles. The van der Waals surface area contributed by atoms with Gasteiger partial charge in [-0.25, -0.2) is 0 Å². The minimum Gasteiger partial charge on any atom is -0.497 e. The molecule has 0 unspecified atom stereocenters. The maximum Gasteiger partial charge on any atom is 0.142 e. The van der Waals surface area contributed by atoms with Crippen LogP contribution in [0.15, 0.2) is 42.5 Å². The van der Waals surface area contributed by atoms with Gasteiger partial charge in [-0.1, -0.05) is 18.2 Å². The topological polar surface area (TPSA) is 45.2 Å². The fourth-order valence-electron chi connectivity index (χ4n) is 4.40. The molecule has 4 rings (SSSR count). The van der Waals surface area contributed by atoms with Crippen molar-refractivity contribution in [3.63, 3.8) is 0 Å². The first-order valence-corrected chi connectivity index (χ1v) is 9.65. The van der Waals surface area contributed by atoms with Crippen LogP contribution in [0, 0.1) is 0 Å². The van der Waals surface area contributed by atoms with Crippen LogP contribution in [0.1, 0.15) is 11.1 Å². The molecule has 0 amide bonds. The molecule has 0 saturated carbocycles. The lowest BCUT2D eigenvalue weighted by atomic mass is 9.85. The third kappa shape index (κ3) is 3.62. The van der Waals surface area contributed by atoms with Crippen LogP contribution in [0.3, 0.4) is 0 Å². The number of piperazine rings is 1. The van der Waals surface area contributed by atoms with E-state index in [0.717, 1.165) is 49.8 Å². The van der Waals surface area contributed by atoms with Crippen molar-refractivity contribution in [1.29, 1.82) is 0 Å². The lowest BCUT2D eigenvalue weighted by Gasteiger charge is -2.43. The van der Waals surface area contributed by atoms with Crippen LogP contribution >= 0.6 is 0 Å². The first-order valence-electron chi connectivity index (χ1n) is 9.65. The van der Waals surface area contributed by atoms with E-state index in [1.807, 2.05) is 18.2 Å². The Morgan fingerprint density at radius 1 is 0.889 bits per heavy atom. The molecule has 2 aromatic rings. The van der Waals surface area contributed by atoms with Crippen LogP contribution < -0.4 is 14.4 Å². The zero-order chi connectivity index (χ0) is 18.8. The number of hydrogen-bond donors (Lipinski definition) is 1. The molecule has 27 heavy (non-hydrogen) atoms. The summed E-state index contributed by atoms with van der Waals surface area (Å²) in [6.07, 6.45) is 1.27. The second kappa shape index (κ2) is 7.79. The van der Waals surface area contributed by atoms with Crippen LogP contribution in [0.2, 0.25) is 0 Å². The van der Waals surface area contributed by atoms with E-state index < -0.39 is 0 Å². The van der Waals surface area contributed by atoms with Crippen LogP contribution in [0.4, 0.5) is 5.69 Å². The number of hydrogen-bond acceptors (Lipinski definition) is 5. The van der Waals surface area contributed by atoms with Crippen molar-refractivity contribution in [2.75, 3.05) is 45.3 Å². The van der Waals surface area contributed by atoms with Gasteiger partial charge in [-0.2, -0.15) is 0 Å². The Labute approximate surface area is 161 Å². The fraction of sp³-hybridized carbons (Fsp3) is 0.455. The minimum absolute atomic E-state index is 0.186. The summed E-state index contributed by atoms with van der Waals surface area (Å²) in [5.41, 5.74) is 3.70. The SMILES string of the molecule is COc1ccc2c(c1)C[C@@H](O)[C@H](N1CCN(c3ccccc3OC)CC1)C2. The molecule has 1 saturated heterocycles. The average Bonchev–Trinajstić information content (AvgIpc) is 2.73. The summed E-state index contributed by atoms with van der Waals surface area (Å²) in [6.45, 7) is 3.79. The Balaban J connectivity index is 1.43. The number of methoxy groups -OCH3 is 2. The van der Waals surface area contributed by atoms with E-state index in [0.29, 0.717) is 6.42 Å². The molecule has 0 aromatic heterocycles. The van der Waals surface area contributed by atoms with Gasteiger partial charge in [-0.15, -0.1) is 0 Å². The van der Waals surface area contributed by atoms with Gasteiger partial charge >= 0.3 is 0 Å². The number of fused-ring (bicyclic) bond motifs is 1. The summed E-state index contributed by atoms with van der Waals surface area (Å²) >= 11 is 0. The Bertz CT molecular complexity index is 787. The summed E-state index contributed by atoms with van der Waals surface area (Å²) in [6, 6.07) is 14.6. The van der Waals surface area contributed by atoms with E-state index in [1.54, 1.807) is 14.2 Å². The van der Waals surface area contributed by atoms with Gasteiger partial charge in [-0.05, 0) is 41.8 Å². The number of nitrogens with zero attached hydrogens (tertiary/aromatic N) is 2. The summed E-state index contributed by atoms with van der Waals surface area (Å²) in [7, 11) is 3.41. The second-order valence-electron chi connectivity index (χ2n) is 7.37.